The van der Waals surface area contributed by atoms with Crippen LogP contribution in [0, 0.1) is 0 Å². The zero-order valence-corrected chi connectivity index (χ0v) is 19.3. The Balaban J connectivity index is 1.34. The van der Waals surface area contributed by atoms with Gasteiger partial charge in [0.2, 0.25) is 0 Å². The van der Waals surface area contributed by atoms with Gasteiger partial charge in [-0.25, -0.2) is 8.42 Å². The van der Waals surface area contributed by atoms with Crippen molar-refractivity contribution < 1.29 is 32.2 Å². The lowest BCUT2D eigenvalue weighted by atomic mass is 10.2. The lowest BCUT2D eigenvalue weighted by Crippen LogP contribution is -2.28. The predicted octanol–water partition coefficient (Wildman–Crippen LogP) is 3.08. The molecule has 0 bridgehead atoms. The highest BCUT2D eigenvalue weighted by atomic mass is 32.2. The van der Waals surface area contributed by atoms with E-state index >= 15 is 0 Å². The third-order valence-electron chi connectivity index (χ3n) is 4.92. The number of hydrogen-bond acceptors (Lipinski definition) is 7. The van der Waals surface area contributed by atoms with Gasteiger partial charge in [0, 0.05) is 17.3 Å². The summed E-state index contributed by atoms with van der Waals surface area (Å²) in [6, 6.07) is 17.8. The Bertz CT molecular complexity index is 1260. The molecule has 3 aromatic rings. The smallest absolute Gasteiger partial charge is 0.262 e. The Morgan fingerprint density at radius 3 is 2.44 bits per heavy atom. The van der Waals surface area contributed by atoms with E-state index in [2.05, 4.69) is 10.0 Å². The number of methoxy groups -OCH3 is 1. The molecule has 0 saturated carbocycles. The fourth-order valence-electron chi connectivity index (χ4n) is 3.24. The Morgan fingerprint density at radius 2 is 1.68 bits per heavy atom. The Morgan fingerprint density at radius 1 is 0.941 bits per heavy atom. The van der Waals surface area contributed by atoms with E-state index < -0.39 is 10.0 Å². The number of fused-ring (bicyclic) bond motifs is 1. The molecule has 0 radical (unpaired) electrons. The topological polar surface area (TPSA) is 112 Å². The number of hydrogen-bond donors (Lipinski definition) is 2. The molecule has 0 spiro atoms. The molecule has 3 aromatic carbocycles. The Hall–Kier alpha value is -3.92. The fourth-order valence-corrected chi connectivity index (χ4v) is 4.30. The molecule has 0 atom stereocenters. The van der Waals surface area contributed by atoms with Gasteiger partial charge in [0.05, 0.1) is 18.6 Å². The maximum absolute atomic E-state index is 12.8. The van der Waals surface area contributed by atoms with Crippen LogP contribution in [0.3, 0.4) is 0 Å². The molecule has 1 amide bonds. The van der Waals surface area contributed by atoms with Gasteiger partial charge >= 0.3 is 0 Å². The van der Waals surface area contributed by atoms with E-state index in [9.17, 15) is 13.2 Å². The molecule has 1 aliphatic rings. The summed E-state index contributed by atoms with van der Waals surface area (Å²) in [5.41, 5.74) is 0.573. The molecule has 34 heavy (non-hydrogen) atoms. The highest BCUT2D eigenvalue weighted by molar-refractivity contribution is 7.92. The van der Waals surface area contributed by atoms with Gasteiger partial charge in [-0.05, 0) is 54.6 Å². The quantitative estimate of drug-likeness (QED) is 0.449. The van der Waals surface area contributed by atoms with E-state index in [4.69, 9.17) is 18.9 Å². The first-order chi connectivity index (χ1) is 16.4. The minimum absolute atomic E-state index is 0.0299. The van der Waals surface area contributed by atoms with Crippen molar-refractivity contribution in [2.24, 2.45) is 0 Å². The molecule has 0 saturated heterocycles. The van der Waals surface area contributed by atoms with Crippen molar-refractivity contribution in [2.75, 3.05) is 38.2 Å². The van der Waals surface area contributed by atoms with Gasteiger partial charge in [0.1, 0.15) is 31.3 Å². The third kappa shape index (κ3) is 5.70. The number of amides is 1. The van der Waals surface area contributed by atoms with Gasteiger partial charge in [-0.2, -0.15) is 0 Å². The zero-order chi connectivity index (χ0) is 24.0. The SMILES string of the molecule is COc1ccc(OCCNC(=O)c2cccc(NS(=O)(=O)c3ccc4c(c3)OCCO4)c2)cc1. The second-order valence-corrected chi connectivity index (χ2v) is 8.95. The summed E-state index contributed by atoms with van der Waals surface area (Å²) in [6.45, 7) is 1.32. The monoisotopic (exact) mass is 484 g/mol. The van der Waals surface area contributed by atoms with Crippen LogP contribution in [-0.4, -0.2) is 47.8 Å². The number of nitrogens with one attached hydrogen (secondary N) is 2. The average Bonchev–Trinajstić information content (AvgIpc) is 2.86. The molecule has 2 N–H and O–H groups in total. The summed E-state index contributed by atoms with van der Waals surface area (Å²) < 4.78 is 49.7. The minimum Gasteiger partial charge on any atom is -0.497 e. The van der Waals surface area contributed by atoms with Gasteiger partial charge in [-0.1, -0.05) is 6.07 Å². The lowest BCUT2D eigenvalue weighted by molar-refractivity contribution is 0.0947. The average molecular weight is 485 g/mol. The molecule has 10 heteroatoms. The zero-order valence-electron chi connectivity index (χ0n) is 18.4. The number of anilines is 1. The lowest BCUT2D eigenvalue weighted by Gasteiger charge is -2.19. The molecule has 0 aliphatic carbocycles. The first-order valence-electron chi connectivity index (χ1n) is 10.5. The normalized spacial score (nSPS) is 12.5. The number of sulfonamides is 1. The molecular formula is C24H24N2O7S. The molecule has 178 valence electrons. The van der Waals surface area contributed by atoms with E-state index in [-0.39, 0.29) is 29.6 Å². The number of ether oxygens (including phenoxy) is 4. The second-order valence-electron chi connectivity index (χ2n) is 7.27. The molecule has 4 rings (SSSR count). The van der Waals surface area contributed by atoms with Crippen LogP contribution < -0.4 is 29.0 Å². The van der Waals surface area contributed by atoms with Crippen molar-refractivity contribution in [3.05, 3.63) is 72.3 Å². The van der Waals surface area contributed by atoms with Crippen molar-refractivity contribution in [3.8, 4) is 23.0 Å². The molecule has 1 aliphatic heterocycles. The summed E-state index contributed by atoms with van der Waals surface area (Å²) in [6.07, 6.45) is 0. The van der Waals surface area contributed by atoms with Crippen molar-refractivity contribution in [2.45, 2.75) is 4.90 Å². The van der Waals surface area contributed by atoms with Crippen LogP contribution in [0.15, 0.2) is 71.6 Å². The van der Waals surface area contributed by atoms with Crippen LogP contribution in [0.25, 0.3) is 0 Å². The summed E-state index contributed by atoms with van der Waals surface area (Å²) in [4.78, 5) is 12.5. The largest absolute Gasteiger partial charge is 0.497 e. The molecule has 9 nitrogen and oxygen atoms in total. The van der Waals surface area contributed by atoms with E-state index in [1.54, 1.807) is 55.6 Å². The number of benzene rings is 3. The van der Waals surface area contributed by atoms with Gasteiger partial charge in [0.15, 0.2) is 11.5 Å². The van der Waals surface area contributed by atoms with Crippen molar-refractivity contribution in [1.29, 1.82) is 0 Å². The van der Waals surface area contributed by atoms with E-state index in [1.807, 2.05) is 0 Å². The second kappa shape index (κ2) is 10.3. The van der Waals surface area contributed by atoms with Crippen LogP contribution in [0.2, 0.25) is 0 Å². The molecule has 0 unspecified atom stereocenters. The summed E-state index contributed by atoms with van der Waals surface area (Å²) in [7, 11) is -2.31. The van der Waals surface area contributed by atoms with Gasteiger partial charge in [-0.15, -0.1) is 0 Å². The number of rotatable bonds is 9. The maximum Gasteiger partial charge on any atom is 0.262 e. The van der Waals surface area contributed by atoms with Gasteiger partial charge in [0.25, 0.3) is 15.9 Å². The standard InChI is InChI=1S/C24H24N2O7S/c1-30-19-5-7-20(8-6-19)31-12-11-25-24(27)17-3-2-4-18(15-17)26-34(28,29)21-9-10-22-23(16-21)33-14-13-32-22/h2-10,15-16,26H,11-14H2,1H3,(H,25,27). The van der Waals surface area contributed by atoms with Crippen molar-refractivity contribution >= 4 is 21.6 Å². The number of carbonyl (C=O) groups excluding carboxylic acids is 1. The molecular weight excluding hydrogens is 460 g/mol. The van der Waals surface area contributed by atoms with Crippen LogP contribution in [0.4, 0.5) is 5.69 Å². The first kappa shape index (κ1) is 23.2. The Labute approximate surface area is 197 Å². The third-order valence-corrected chi connectivity index (χ3v) is 6.30. The van der Waals surface area contributed by atoms with Crippen LogP contribution >= 0.6 is 0 Å². The van der Waals surface area contributed by atoms with Gasteiger partial charge in [-0.3, -0.25) is 9.52 Å². The van der Waals surface area contributed by atoms with Crippen molar-refractivity contribution in [3.63, 3.8) is 0 Å². The highest BCUT2D eigenvalue weighted by Gasteiger charge is 2.20. The molecule has 0 aromatic heterocycles. The van der Waals surface area contributed by atoms with Crippen LogP contribution in [-0.2, 0) is 10.0 Å². The van der Waals surface area contributed by atoms with Gasteiger partial charge < -0.3 is 24.3 Å². The minimum atomic E-state index is -3.89. The van der Waals surface area contributed by atoms with E-state index in [1.165, 1.54) is 18.2 Å². The highest BCUT2D eigenvalue weighted by Crippen LogP contribution is 2.32. The first-order valence-corrected chi connectivity index (χ1v) is 12.0. The predicted molar refractivity (Wildman–Crippen MR) is 126 cm³/mol. The van der Waals surface area contributed by atoms with Crippen LogP contribution in [0.1, 0.15) is 10.4 Å². The molecule has 0 fully saturated rings. The maximum atomic E-state index is 12.8. The fraction of sp³-hybridized carbons (Fsp3) is 0.208. The van der Waals surface area contributed by atoms with E-state index in [0.717, 1.165) is 5.75 Å². The number of carbonyl (C=O) groups is 1. The Kier molecular flexibility index (Phi) is 7.07. The summed E-state index contributed by atoms with van der Waals surface area (Å²) in [5.74, 6) is 1.91. The van der Waals surface area contributed by atoms with Crippen molar-refractivity contribution in [1.82, 2.24) is 5.32 Å². The summed E-state index contributed by atoms with van der Waals surface area (Å²) >= 11 is 0. The summed E-state index contributed by atoms with van der Waals surface area (Å²) in [5, 5.41) is 2.75. The van der Waals surface area contributed by atoms with E-state index in [0.29, 0.717) is 36.0 Å². The van der Waals surface area contributed by atoms with Crippen LogP contribution in [0.5, 0.6) is 23.0 Å². The molecule has 1 heterocycles.